The van der Waals surface area contributed by atoms with E-state index >= 15 is 0 Å². The van der Waals surface area contributed by atoms with Crippen molar-refractivity contribution in [2.75, 3.05) is 20.8 Å². The van der Waals surface area contributed by atoms with E-state index in [1.165, 1.54) is 32.1 Å². The molecule has 1 aliphatic carbocycles. The number of aliphatic hydroxyl groups excluding tert-OH is 1. The first-order valence-electron chi connectivity index (χ1n) is 15.3. The molecule has 1 fully saturated rings. The molecule has 3 rings (SSSR count). The Morgan fingerprint density at radius 2 is 1.78 bits per heavy atom. The van der Waals surface area contributed by atoms with Crippen molar-refractivity contribution < 1.29 is 24.2 Å². The van der Waals surface area contributed by atoms with Gasteiger partial charge in [0, 0.05) is 25.6 Å². The summed E-state index contributed by atoms with van der Waals surface area (Å²) in [5, 5.41) is 20.5. The molecule has 0 radical (unpaired) electrons. The average Bonchev–Trinajstić information content (AvgIpc) is 3.41. The molecule has 1 aromatic heterocycles. The fourth-order valence-electron chi connectivity index (χ4n) is 5.47. The van der Waals surface area contributed by atoms with Crippen molar-refractivity contribution in [2.24, 2.45) is 11.8 Å². The van der Waals surface area contributed by atoms with E-state index in [1.54, 1.807) is 20.3 Å². The van der Waals surface area contributed by atoms with Gasteiger partial charge in [0.25, 0.3) is 5.91 Å². The Labute approximate surface area is 245 Å². The Hall–Kier alpha value is -3.07. The fraction of sp³-hybridized carbons (Fsp3) is 0.656. The third-order valence-electron chi connectivity index (χ3n) is 8.30. The largest absolute Gasteiger partial charge is 0.496 e. The van der Waals surface area contributed by atoms with E-state index < -0.39 is 6.10 Å². The maximum absolute atomic E-state index is 13.6. The Balaban J connectivity index is 1.85. The summed E-state index contributed by atoms with van der Waals surface area (Å²) in [5.74, 6) is 1.77. The molecule has 0 aliphatic heterocycles. The van der Waals surface area contributed by atoms with Crippen LogP contribution in [0.2, 0.25) is 0 Å². The van der Waals surface area contributed by atoms with E-state index in [2.05, 4.69) is 24.5 Å². The van der Waals surface area contributed by atoms with Crippen molar-refractivity contribution in [3.05, 3.63) is 30.0 Å². The summed E-state index contributed by atoms with van der Waals surface area (Å²) in [6, 6.07) is 7.06. The number of carbonyl (C=O) groups excluding carboxylic acids is 2. The monoisotopic (exact) mass is 570 g/mol. The lowest BCUT2D eigenvalue weighted by Gasteiger charge is -2.24. The Bertz CT molecular complexity index is 1090. The fourth-order valence-corrected chi connectivity index (χ4v) is 5.47. The minimum absolute atomic E-state index is 0.162. The van der Waals surface area contributed by atoms with Gasteiger partial charge in [0.1, 0.15) is 11.5 Å². The van der Waals surface area contributed by atoms with Gasteiger partial charge in [0.05, 0.1) is 31.6 Å². The number of nitrogens with one attached hydrogen (secondary N) is 2. The van der Waals surface area contributed by atoms with Crippen LogP contribution in [0.4, 0.5) is 0 Å². The molecular weight excluding hydrogens is 520 g/mol. The van der Waals surface area contributed by atoms with E-state index in [1.807, 2.05) is 29.8 Å². The van der Waals surface area contributed by atoms with Crippen LogP contribution in [0.25, 0.3) is 11.3 Å². The number of benzene rings is 1. The molecule has 2 amide bonds. The zero-order valence-electron chi connectivity index (χ0n) is 25.6. The van der Waals surface area contributed by atoms with Crippen LogP contribution in [0.3, 0.4) is 0 Å². The highest BCUT2D eigenvalue weighted by atomic mass is 16.5. The molecule has 3 unspecified atom stereocenters. The van der Waals surface area contributed by atoms with Gasteiger partial charge in [-0.2, -0.15) is 5.10 Å². The average molecular weight is 571 g/mol. The maximum Gasteiger partial charge on any atom is 0.272 e. The van der Waals surface area contributed by atoms with Gasteiger partial charge >= 0.3 is 0 Å². The number of rotatable bonds is 16. The second-order valence-corrected chi connectivity index (χ2v) is 11.5. The van der Waals surface area contributed by atoms with Crippen molar-refractivity contribution >= 4 is 11.8 Å². The second kappa shape index (κ2) is 16.4. The predicted octanol–water partition coefficient (Wildman–Crippen LogP) is 5.35. The van der Waals surface area contributed by atoms with Crippen LogP contribution >= 0.6 is 0 Å². The lowest BCUT2D eigenvalue weighted by atomic mass is 9.85. The highest BCUT2D eigenvalue weighted by Gasteiger charge is 2.25. The quantitative estimate of drug-likeness (QED) is 0.251. The topological polar surface area (TPSA) is 115 Å². The minimum atomic E-state index is -0.575. The predicted molar refractivity (Wildman–Crippen MR) is 161 cm³/mol. The molecule has 1 aromatic carbocycles. The van der Waals surface area contributed by atoms with E-state index in [0.29, 0.717) is 42.0 Å². The second-order valence-electron chi connectivity index (χ2n) is 11.5. The number of aliphatic hydroxyl groups is 1. The first kappa shape index (κ1) is 32.4. The first-order valence-corrected chi connectivity index (χ1v) is 15.3. The number of carbonyl (C=O) groups is 2. The van der Waals surface area contributed by atoms with Crippen LogP contribution in [0.1, 0.15) is 95.5 Å². The van der Waals surface area contributed by atoms with Crippen LogP contribution in [-0.4, -0.2) is 59.6 Å². The summed E-state index contributed by atoms with van der Waals surface area (Å²) in [6.45, 7) is 7.00. The van der Waals surface area contributed by atoms with Crippen molar-refractivity contribution in [3.63, 3.8) is 0 Å². The molecule has 0 spiro atoms. The Kier molecular flexibility index (Phi) is 13.0. The third-order valence-corrected chi connectivity index (χ3v) is 8.30. The van der Waals surface area contributed by atoms with Crippen molar-refractivity contribution in [3.8, 4) is 22.8 Å². The number of ether oxygens (including phenoxy) is 2. The summed E-state index contributed by atoms with van der Waals surface area (Å²) in [6.07, 6.45) is 9.03. The molecule has 1 saturated carbocycles. The van der Waals surface area contributed by atoms with Gasteiger partial charge in [-0.15, -0.1) is 0 Å². The SMILES string of the molecule is CCC(C)Cn1nc(C(=O)NC(CCC2CCCCC2)CC(=O)NCC(O)CC)cc1-c1c(OC)cccc1OC. The summed E-state index contributed by atoms with van der Waals surface area (Å²) in [4.78, 5) is 26.4. The van der Waals surface area contributed by atoms with Gasteiger partial charge in [-0.05, 0) is 49.3 Å². The third kappa shape index (κ3) is 9.48. The summed E-state index contributed by atoms with van der Waals surface area (Å²) in [5.41, 5.74) is 1.78. The summed E-state index contributed by atoms with van der Waals surface area (Å²) < 4.78 is 13.2. The van der Waals surface area contributed by atoms with Gasteiger partial charge in [-0.1, -0.05) is 65.4 Å². The van der Waals surface area contributed by atoms with Crippen LogP contribution in [-0.2, 0) is 11.3 Å². The lowest BCUT2D eigenvalue weighted by molar-refractivity contribution is -0.122. The number of methoxy groups -OCH3 is 2. The number of aromatic nitrogens is 2. The summed E-state index contributed by atoms with van der Waals surface area (Å²) >= 11 is 0. The van der Waals surface area contributed by atoms with Gasteiger partial charge < -0.3 is 25.2 Å². The molecule has 1 heterocycles. The Morgan fingerprint density at radius 3 is 2.39 bits per heavy atom. The number of nitrogens with zero attached hydrogens (tertiary/aromatic N) is 2. The molecule has 0 saturated heterocycles. The smallest absolute Gasteiger partial charge is 0.272 e. The molecule has 228 valence electrons. The zero-order chi connectivity index (χ0) is 29.8. The molecule has 9 nitrogen and oxygen atoms in total. The standard InChI is InChI=1S/C32H50N4O5/c1-6-22(3)21-36-27(31-28(40-4)14-11-15-29(31)41-5)19-26(35-36)32(39)34-24(17-16-23-12-9-8-10-13-23)18-30(38)33-20-25(37)7-2/h11,14-15,19,22-25,37H,6-10,12-13,16-18,20-21H2,1-5H3,(H,33,38)(H,34,39). The minimum Gasteiger partial charge on any atom is -0.496 e. The molecule has 3 N–H and O–H groups in total. The van der Waals surface area contributed by atoms with Crippen molar-refractivity contribution in [2.45, 2.75) is 104 Å². The van der Waals surface area contributed by atoms with E-state index in [0.717, 1.165) is 30.5 Å². The highest BCUT2D eigenvalue weighted by molar-refractivity contribution is 5.94. The van der Waals surface area contributed by atoms with Crippen LogP contribution in [0, 0.1) is 11.8 Å². The van der Waals surface area contributed by atoms with E-state index in [-0.39, 0.29) is 30.8 Å². The van der Waals surface area contributed by atoms with Crippen molar-refractivity contribution in [1.29, 1.82) is 0 Å². The molecule has 9 heteroatoms. The molecular formula is C32H50N4O5. The molecule has 3 atom stereocenters. The van der Waals surface area contributed by atoms with E-state index in [4.69, 9.17) is 14.6 Å². The molecule has 41 heavy (non-hydrogen) atoms. The lowest BCUT2D eigenvalue weighted by Crippen LogP contribution is -2.41. The first-order chi connectivity index (χ1) is 19.8. The molecule has 2 aromatic rings. The normalized spacial score (nSPS) is 16.0. The van der Waals surface area contributed by atoms with Gasteiger partial charge in [-0.3, -0.25) is 14.3 Å². The Morgan fingerprint density at radius 1 is 1.10 bits per heavy atom. The van der Waals surface area contributed by atoms with Crippen LogP contribution < -0.4 is 20.1 Å². The zero-order valence-corrected chi connectivity index (χ0v) is 25.6. The van der Waals surface area contributed by atoms with E-state index in [9.17, 15) is 14.7 Å². The van der Waals surface area contributed by atoms with Gasteiger partial charge in [-0.25, -0.2) is 0 Å². The van der Waals surface area contributed by atoms with Gasteiger partial charge in [0.15, 0.2) is 5.69 Å². The van der Waals surface area contributed by atoms with Crippen LogP contribution in [0.5, 0.6) is 11.5 Å². The number of hydrogen-bond donors (Lipinski definition) is 3. The highest BCUT2D eigenvalue weighted by Crippen LogP contribution is 2.39. The molecule has 1 aliphatic rings. The number of hydrogen-bond acceptors (Lipinski definition) is 6. The van der Waals surface area contributed by atoms with Gasteiger partial charge in [0.2, 0.25) is 5.91 Å². The molecule has 0 bridgehead atoms. The number of amides is 2. The summed E-state index contributed by atoms with van der Waals surface area (Å²) in [7, 11) is 3.23. The maximum atomic E-state index is 13.6. The van der Waals surface area contributed by atoms with Crippen LogP contribution in [0.15, 0.2) is 24.3 Å². The van der Waals surface area contributed by atoms with Crippen molar-refractivity contribution in [1.82, 2.24) is 20.4 Å².